The fraction of sp³-hybridized carbons (Fsp3) is 0.462. The number of aliphatic hydroxyl groups is 1. The van der Waals surface area contributed by atoms with Gasteiger partial charge in [0.05, 0.1) is 7.11 Å². The molecule has 0 aromatic heterocycles. The monoisotopic (exact) mass is 238 g/mol. The number of hydrogen-bond acceptors (Lipinski definition) is 3. The second-order valence-electron chi connectivity index (χ2n) is 4.26. The molecular formula is C13H18O4. The predicted molar refractivity (Wildman–Crippen MR) is 64.3 cm³/mol. The number of rotatable bonds is 5. The van der Waals surface area contributed by atoms with E-state index in [2.05, 4.69) is 0 Å². The van der Waals surface area contributed by atoms with E-state index in [9.17, 15) is 9.90 Å². The third-order valence-corrected chi connectivity index (χ3v) is 2.75. The molecule has 0 saturated heterocycles. The van der Waals surface area contributed by atoms with Gasteiger partial charge in [0.1, 0.15) is 5.75 Å². The fourth-order valence-corrected chi connectivity index (χ4v) is 1.64. The second-order valence-corrected chi connectivity index (χ2v) is 4.26. The van der Waals surface area contributed by atoms with Gasteiger partial charge in [0.15, 0.2) is 5.60 Å². The van der Waals surface area contributed by atoms with Gasteiger partial charge in [-0.1, -0.05) is 19.1 Å². The normalized spacial score (nSPS) is 14.1. The minimum Gasteiger partial charge on any atom is -0.496 e. The summed E-state index contributed by atoms with van der Waals surface area (Å²) in [5.74, 6) is -0.634. The molecule has 0 aliphatic rings. The Morgan fingerprint density at radius 2 is 2.12 bits per heavy atom. The summed E-state index contributed by atoms with van der Waals surface area (Å²) in [6, 6.07) is 5.60. The average Bonchev–Trinajstić information content (AvgIpc) is 2.28. The van der Waals surface area contributed by atoms with Gasteiger partial charge in [0, 0.05) is 6.42 Å². The highest BCUT2D eigenvalue weighted by atomic mass is 16.5. The Bertz CT molecular complexity index is 410. The van der Waals surface area contributed by atoms with E-state index in [1.807, 2.05) is 19.1 Å². The van der Waals surface area contributed by atoms with Gasteiger partial charge in [0.2, 0.25) is 0 Å². The van der Waals surface area contributed by atoms with Crippen molar-refractivity contribution >= 4 is 5.97 Å². The number of carboxylic acid groups (broad SMARTS) is 1. The highest BCUT2D eigenvalue weighted by Crippen LogP contribution is 2.25. The first kappa shape index (κ1) is 13.5. The molecule has 17 heavy (non-hydrogen) atoms. The molecule has 0 aliphatic carbocycles. The number of carboxylic acids is 1. The van der Waals surface area contributed by atoms with Crippen LogP contribution in [-0.2, 0) is 17.6 Å². The quantitative estimate of drug-likeness (QED) is 0.818. The number of benzene rings is 1. The lowest BCUT2D eigenvalue weighted by Crippen LogP contribution is -2.37. The zero-order chi connectivity index (χ0) is 13.1. The van der Waals surface area contributed by atoms with Crippen molar-refractivity contribution in [1.82, 2.24) is 0 Å². The van der Waals surface area contributed by atoms with Crippen molar-refractivity contribution < 1.29 is 19.7 Å². The Kier molecular flexibility index (Phi) is 4.12. The molecule has 94 valence electrons. The van der Waals surface area contributed by atoms with E-state index in [0.29, 0.717) is 11.3 Å². The van der Waals surface area contributed by atoms with Crippen molar-refractivity contribution in [1.29, 1.82) is 0 Å². The highest BCUT2D eigenvalue weighted by molar-refractivity contribution is 5.77. The number of aliphatic carboxylic acids is 1. The summed E-state index contributed by atoms with van der Waals surface area (Å²) in [5.41, 5.74) is 0.0147. The Balaban J connectivity index is 3.07. The van der Waals surface area contributed by atoms with E-state index in [1.54, 1.807) is 6.07 Å². The summed E-state index contributed by atoms with van der Waals surface area (Å²) >= 11 is 0. The minimum absolute atomic E-state index is 0.0271. The van der Waals surface area contributed by atoms with Crippen LogP contribution in [0, 0.1) is 0 Å². The van der Waals surface area contributed by atoms with Gasteiger partial charge in [0.25, 0.3) is 0 Å². The smallest absolute Gasteiger partial charge is 0.335 e. The Morgan fingerprint density at radius 3 is 2.59 bits per heavy atom. The van der Waals surface area contributed by atoms with Crippen molar-refractivity contribution in [2.24, 2.45) is 0 Å². The second kappa shape index (κ2) is 5.19. The SMILES string of the molecule is CCc1ccc(OC)c(CC(C)(O)C(=O)O)c1. The third kappa shape index (κ3) is 3.20. The van der Waals surface area contributed by atoms with E-state index in [-0.39, 0.29) is 6.42 Å². The van der Waals surface area contributed by atoms with Gasteiger partial charge < -0.3 is 14.9 Å². The first-order valence-corrected chi connectivity index (χ1v) is 5.52. The lowest BCUT2D eigenvalue weighted by Gasteiger charge is -2.19. The summed E-state index contributed by atoms with van der Waals surface area (Å²) in [6.07, 6.45) is 0.881. The lowest BCUT2D eigenvalue weighted by atomic mass is 9.94. The molecule has 1 rings (SSSR count). The topological polar surface area (TPSA) is 66.8 Å². The van der Waals surface area contributed by atoms with E-state index in [1.165, 1.54) is 14.0 Å². The number of methoxy groups -OCH3 is 1. The molecule has 1 atom stereocenters. The van der Waals surface area contributed by atoms with Gasteiger partial charge in [-0.2, -0.15) is 0 Å². The van der Waals surface area contributed by atoms with Crippen molar-refractivity contribution in [2.45, 2.75) is 32.3 Å². The van der Waals surface area contributed by atoms with E-state index in [4.69, 9.17) is 9.84 Å². The van der Waals surface area contributed by atoms with Crippen LogP contribution in [0.1, 0.15) is 25.0 Å². The summed E-state index contributed by atoms with van der Waals surface area (Å²) < 4.78 is 5.17. The van der Waals surface area contributed by atoms with E-state index < -0.39 is 11.6 Å². The standard InChI is InChI=1S/C13H18O4/c1-4-9-5-6-11(17-3)10(7-9)8-13(2,16)12(14)15/h5-7,16H,4,8H2,1-3H3,(H,14,15). The molecule has 0 amide bonds. The summed E-state index contributed by atoms with van der Waals surface area (Å²) in [5, 5.41) is 18.7. The maximum atomic E-state index is 10.9. The van der Waals surface area contributed by atoms with Gasteiger partial charge >= 0.3 is 5.97 Å². The van der Waals surface area contributed by atoms with Crippen LogP contribution in [-0.4, -0.2) is 28.9 Å². The number of hydrogen-bond donors (Lipinski definition) is 2. The maximum Gasteiger partial charge on any atom is 0.335 e. The fourth-order valence-electron chi connectivity index (χ4n) is 1.64. The number of ether oxygens (including phenoxy) is 1. The molecular weight excluding hydrogens is 220 g/mol. The van der Waals surface area contributed by atoms with Crippen LogP contribution in [0.5, 0.6) is 5.75 Å². The first-order chi connectivity index (χ1) is 7.90. The van der Waals surface area contributed by atoms with Gasteiger partial charge in [-0.15, -0.1) is 0 Å². The molecule has 0 fully saturated rings. The van der Waals surface area contributed by atoms with Crippen LogP contribution in [0.25, 0.3) is 0 Å². The summed E-state index contributed by atoms with van der Waals surface area (Å²) in [4.78, 5) is 10.9. The van der Waals surface area contributed by atoms with Crippen LogP contribution >= 0.6 is 0 Å². The molecule has 4 heteroatoms. The Morgan fingerprint density at radius 1 is 1.47 bits per heavy atom. The van der Waals surface area contributed by atoms with Crippen LogP contribution in [0.4, 0.5) is 0 Å². The minimum atomic E-state index is -1.78. The Hall–Kier alpha value is -1.55. The highest BCUT2D eigenvalue weighted by Gasteiger charge is 2.31. The predicted octanol–water partition coefficient (Wildman–Crippen LogP) is 1.64. The van der Waals surface area contributed by atoms with E-state index >= 15 is 0 Å². The first-order valence-electron chi connectivity index (χ1n) is 5.52. The molecule has 4 nitrogen and oxygen atoms in total. The molecule has 0 heterocycles. The molecule has 0 aliphatic heterocycles. The molecule has 0 radical (unpaired) electrons. The molecule has 1 aromatic rings. The van der Waals surface area contributed by atoms with Crippen LogP contribution in [0.2, 0.25) is 0 Å². The Labute approximate surface area is 101 Å². The van der Waals surface area contributed by atoms with Crippen molar-refractivity contribution in [2.75, 3.05) is 7.11 Å². The molecule has 2 N–H and O–H groups in total. The maximum absolute atomic E-state index is 10.9. The largest absolute Gasteiger partial charge is 0.496 e. The van der Waals surface area contributed by atoms with Crippen molar-refractivity contribution in [3.8, 4) is 5.75 Å². The van der Waals surface area contributed by atoms with Crippen LogP contribution < -0.4 is 4.74 Å². The van der Waals surface area contributed by atoms with Gasteiger partial charge in [-0.25, -0.2) is 4.79 Å². The summed E-state index contributed by atoms with van der Waals surface area (Å²) in [7, 11) is 1.53. The number of aryl methyl sites for hydroxylation is 1. The van der Waals surface area contributed by atoms with Crippen LogP contribution in [0.3, 0.4) is 0 Å². The van der Waals surface area contributed by atoms with Gasteiger partial charge in [-0.3, -0.25) is 0 Å². The average molecular weight is 238 g/mol. The van der Waals surface area contributed by atoms with Crippen LogP contribution in [0.15, 0.2) is 18.2 Å². The zero-order valence-corrected chi connectivity index (χ0v) is 10.4. The molecule has 1 unspecified atom stereocenters. The zero-order valence-electron chi connectivity index (χ0n) is 10.4. The van der Waals surface area contributed by atoms with E-state index in [0.717, 1.165) is 12.0 Å². The molecule has 0 bridgehead atoms. The molecule has 1 aromatic carbocycles. The lowest BCUT2D eigenvalue weighted by molar-refractivity contribution is -0.156. The summed E-state index contributed by atoms with van der Waals surface area (Å²) in [6.45, 7) is 3.30. The molecule has 0 saturated carbocycles. The molecule has 0 spiro atoms. The number of carbonyl (C=O) groups is 1. The van der Waals surface area contributed by atoms with Gasteiger partial charge in [-0.05, 0) is 30.5 Å². The van der Waals surface area contributed by atoms with Crippen molar-refractivity contribution in [3.05, 3.63) is 29.3 Å². The van der Waals surface area contributed by atoms with Crippen molar-refractivity contribution in [3.63, 3.8) is 0 Å². The third-order valence-electron chi connectivity index (χ3n) is 2.75.